The van der Waals surface area contributed by atoms with Crippen LogP contribution < -0.4 is 5.73 Å². The van der Waals surface area contributed by atoms with Crippen LogP contribution >= 0.6 is 7.37 Å². The number of likely N-dealkylation sites (tertiary alicyclic amines) is 1. The summed E-state index contributed by atoms with van der Waals surface area (Å²) >= 11 is 0. The molecule has 4 atom stereocenters. The molecule has 0 aromatic heterocycles. The lowest BCUT2D eigenvalue weighted by Gasteiger charge is -2.33. The highest BCUT2D eigenvalue weighted by molar-refractivity contribution is 7.58. The van der Waals surface area contributed by atoms with E-state index in [9.17, 15) is 24.2 Å². The van der Waals surface area contributed by atoms with Gasteiger partial charge in [-0.3, -0.25) is 9.36 Å². The van der Waals surface area contributed by atoms with Gasteiger partial charge >= 0.3 is 5.97 Å². The molecular formula is C15H27N2O5P. The van der Waals surface area contributed by atoms with Crippen LogP contribution in [0.1, 0.15) is 44.9 Å². The summed E-state index contributed by atoms with van der Waals surface area (Å²) in [6, 6.07) is -0.930. The van der Waals surface area contributed by atoms with Crippen LogP contribution in [-0.2, 0) is 14.2 Å². The van der Waals surface area contributed by atoms with Gasteiger partial charge in [-0.1, -0.05) is 12.8 Å². The molecule has 1 unspecified atom stereocenters. The fourth-order valence-electron chi connectivity index (χ4n) is 3.91. The van der Waals surface area contributed by atoms with Crippen LogP contribution in [0.5, 0.6) is 0 Å². The predicted octanol–water partition coefficient (Wildman–Crippen LogP) is 1.24. The van der Waals surface area contributed by atoms with Crippen molar-refractivity contribution < 1.29 is 24.2 Å². The van der Waals surface area contributed by atoms with Gasteiger partial charge < -0.3 is 20.6 Å². The zero-order chi connectivity index (χ0) is 17.0. The number of hydrogen-bond donors (Lipinski definition) is 3. The van der Waals surface area contributed by atoms with Crippen LogP contribution in [0.4, 0.5) is 0 Å². The molecule has 23 heavy (non-hydrogen) atoms. The number of carbonyl (C=O) groups is 2. The first-order valence-electron chi connectivity index (χ1n) is 8.40. The van der Waals surface area contributed by atoms with E-state index in [1.165, 1.54) is 4.90 Å². The number of amides is 1. The molecule has 0 bridgehead atoms. The fourth-order valence-corrected chi connectivity index (χ4v) is 5.38. The second-order valence-corrected chi connectivity index (χ2v) is 9.18. The second-order valence-electron chi connectivity index (χ2n) is 6.73. The minimum atomic E-state index is -3.57. The van der Waals surface area contributed by atoms with Crippen LogP contribution in [0.2, 0.25) is 0 Å². The number of carboxylic acids is 1. The Morgan fingerprint density at radius 3 is 2.57 bits per heavy atom. The van der Waals surface area contributed by atoms with Gasteiger partial charge in [-0.25, -0.2) is 4.79 Å². The maximum absolute atomic E-state index is 12.6. The Bertz CT molecular complexity index is 498. The molecule has 2 rings (SSSR count). The number of carbonyl (C=O) groups excluding carboxylic acids is 1. The number of unbranched alkanes of at least 4 members (excludes halogenated alkanes) is 1. The topological polar surface area (TPSA) is 121 Å². The first-order valence-corrected chi connectivity index (χ1v) is 10.4. The van der Waals surface area contributed by atoms with Crippen molar-refractivity contribution in [2.45, 2.75) is 57.0 Å². The van der Waals surface area contributed by atoms with Crippen LogP contribution in [0.25, 0.3) is 0 Å². The van der Waals surface area contributed by atoms with E-state index in [0.717, 1.165) is 25.7 Å². The van der Waals surface area contributed by atoms with Gasteiger partial charge in [0.1, 0.15) is 12.2 Å². The standard InChI is InChI=1S/C15H27N2O5P/c16-7-3-4-8-23(21,22)10-14(18)17-12-6-2-1-5-11(12)9-13(17)15(19)20/h11-13H,1-10,16H2,(H,19,20)(H,21,22)/t11-,12-,13+/m1/s1. The molecule has 2 aliphatic rings. The summed E-state index contributed by atoms with van der Waals surface area (Å²) in [6.45, 7) is 0.449. The number of aliphatic carboxylic acids is 1. The molecule has 4 N–H and O–H groups in total. The highest BCUT2D eigenvalue weighted by Crippen LogP contribution is 2.45. The fraction of sp³-hybridized carbons (Fsp3) is 0.867. The third kappa shape index (κ3) is 4.55. The predicted molar refractivity (Wildman–Crippen MR) is 86.5 cm³/mol. The number of fused-ring (bicyclic) bond motifs is 1. The van der Waals surface area contributed by atoms with Crippen LogP contribution in [0, 0.1) is 5.92 Å². The molecule has 0 aromatic rings. The van der Waals surface area contributed by atoms with Gasteiger partial charge in [-0.05, 0) is 44.6 Å². The van der Waals surface area contributed by atoms with Gasteiger partial charge in [0.25, 0.3) is 0 Å². The van der Waals surface area contributed by atoms with Crippen molar-refractivity contribution in [3.05, 3.63) is 0 Å². The van der Waals surface area contributed by atoms with E-state index < -0.39 is 31.4 Å². The molecule has 8 heteroatoms. The molecule has 0 aromatic carbocycles. The minimum absolute atomic E-state index is 0.0651. The van der Waals surface area contributed by atoms with Gasteiger partial charge in [0.2, 0.25) is 13.3 Å². The molecule has 132 valence electrons. The number of nitrogens with two attached hydrogens (primary N) is 1. The third-order valence-corrected chi connectivity index (χ3v) is 6.78. The number of nitrogens with zero attached hydrogens (tertiary/aromatic N) is 1. The Labute approximate surface area is 136 Å². The zero-order valence-electron chi connectivity index (χ0n) is 13.4. The van der Waals surface area contributed by atoms with Gasteiger partial charge in [0.15, 0.2) is 0 Å². The average Bonchev–Trinajstić information content (AvgIpc) is 2.86. The van der Waals surface area contributed by atoms with E-state index in [1.54, 1.807) is 0 Å². The summed E-state index contributed by atoms with van der Waals surface area (Å²) in [7, 11) is -3.57. The maximum atomic E-state index is 12.6. The minimum Gasteiger partial charge on any atom is -0.480 e. The van der Waals surface area contributed by atoms with E-state index in [-0.39, 0.29) is 18.1 Å². The molecule has 1 saturated carbocycles. The highest BCUT2D eigenvalue weighted by atomic mass is 31.2. The molecule has 1 saturated heterocycles. The number of hydrogen-bond acceptors (Lipinski definition) is 4. The summed E-state index contributed by atoms with van der Waals surface area (Å²) in [6.07, 6.45) is 5.00. The first-order chi connectivity index (χ1) is 10.9. The summed E-state index contributed by atoms with van der Waals surface area (Å²) in [5.41, 5.74) is 5.37. The quantitative estimate of drug-likeness (QED) is 0.471. The van der Waals surface area contributed by atoms with E-state index in [1.807, 2.05) is 0 Å². The Balaban J connectivity index is 2.05. The largest absolute Gasteiger partial charge is 0.480 e. The molecule has 1 aliphatic carbocycles. The molecule has 0 spiro atoms. The van der Waals surface area contributed by atoms with Crippen molar-refractivity contribution in [1.82, 2.24) is 4.90 Å². The molecule has 0 radical (unpaired) electrons. The smallest absolute Gasteiger partial charge is 0.326 e. The van der Waals surface area contributed by atoms with Crippen molar-refractivity contribution in [1.29, 1.82) is 0 Å². The monoisotopic (exact) mass is 346 g/mol. The van der Waals surface area contributed by atoms with Crippen molar-refractivity contribution in [3.8, 4) is 0 Å². The van der Waals surface area contributed by atoms with Gasteiger partial charge in [0.05, 0.1) is 0 Å². The summed E-state index contributed by atoms with van der Waals surface area (Å²) in [5, 5.41) is 9.41. The van der Waals surface area contributed by atoms with Gasteiger partial charge in [-0.15, -0.1) is 0 Å². The molecule has 1 aliphatic heterocycles. The zero-order valence-corrected chi connectivity index (χ0v) is 14.3. The van der Waals surface area contributed by atoms with Crippen molar-refractivity contribution >= 4 is 19.2 Å². The average molecular weight is 346 g/mol. The number of rotatable bonds is 7. The van der Waals surface area contributed by atoms with Gasteiger partial charge in [-0.2, -0.15) is 0 Å². The van der Waals surface area contributed by atoms with Crippen LogP contribution in [-0.4, -0.2) is 57.7 Å². The highest BCUT2D eigenvalue weighted by Gasteiger charge is 2.48. The van der Waals surface area contributed by atoms with E-state index in [0.29, 0.717) is 25.8 Å². The number of carboxylic acid groups (broad SMARTS) is 1. The lowest BCUT2D eigenvalue weighted by molar-refractivity contribution is -0.148. The normalized spacial score (nSPS) is 29.8. The Morgan fingerprint density at radius 2 is 1.91 bits per heavy atom. The van der Waals surface area contributed by atoms with Crippen molar-refractivity contribution in [2.75, 3.05) is 18.9 Å². The van der Waals surface area contributed by atoms with Crippen molar-refractivity contribution in [2.24, 2.45) is 11.7 Å². The van der Waals surface area contributed by atoms with E-state index >= 15 is 0 Å². The van der Waals surface area contributed by atoms with E-state index in [2.05, 4.69) is 0 Å². The summed E-state index contributed by atoms with van der Waals surface area (Å²) in [4.78, 5) is 35.5. The summed E-state index contributed by atoms with van der Waals surface area (Å²) in [5.74, 6) is -1.28. The van der Waals surface area contributed by atoms with Crippen LogP contribution in [0.3, 0.4) is 0 Å². The Kier molecular flexibility index (Phi) is 6.23. The molecule has 1 heterocycles. The Morgan fingerprint density at radius 1 is 1.22 bits per heavy atom. The van der Waals surface area contributed by atoms with Crippen molar-refractivity contribution in [3.63, 3.8) is 0 Å². The van der Waals surface area contributed by atoms with Gasteiger partial charge in [0, 0.05) is 12.2 Å². The maximum Gasteiger partial charge on any atom is 0.326 e. The SMILES string of the molecule is NCCCCP(=O)(O)CC(=O)N1[C@@H]2CCCC[C@@H]2C[C@H]1C(=O)O. The summed E-state index contributed by atoms with van der Waals surface area (Å²) < 4.78 is 12.2. The molecular weight excluding hydrogens is 319 g/mol. The van der Waals surface area contributed by atoms with Crippen LogP contribution in [0.15, 0.2) is 0 Å². The lowest BCUT2D eigenvalue weighted by atomic mass is 9.85. The second kappa shape index (κ2) is 7.77. The molecule has 2 fully saturated rings. The molecule has 7 nitrogen and oxygen atoms in total. The Hall–Kier alpha value is -0.910. The van der Waals surface area contributed by atoms with E-state index in [4.69, 9.17) is 5.73 Å². The lowest BCUT2D eigenvalue weighted by Crippen LogP contribution is -2.47. The first kappa shape index (κ1) is 18.4. The third-order valence-electron chi connectivity index (χ3n) is 5.01. The molecule has 1 amide bonds.